The summed E-state index contributed by atoms with van der Waals surface area (Å²) in [7, 11) is 0. The van der Waals surface area contributed by atoms with Crippen LogP contribution in [0.4, 0.5) is 8.78 Å². The SMILES string of the molecule is CC1CCC(CCNCc2c(F)cccc2F)CC1. The average molecular weight is 267 g/mol. The van der Waals surface area contributed by atoms with Crippen LogP contribution < -0.4 is 5.32 Å². The van der Waals surface area contributed by atoms with Crippen LogP contribution in [0.3, 0.4) is 0 Å². The number of hydrogen-bond acceptors (Lipinski definition) is 1. The maximum Gasteiger partial charge on any atom is 0.130 e. The van der Waals surface area contributed by atoms with Crippen molar-refractivity contribution in [3.05, 3.63) is 35.4 Å². The molecule has 3 heteroatoms. The summed E-state index contributed by atoms with van der Waals surface area (Å²) in [6, 6.07) is 4.02. The number of hydrogen-bond donors (Lipinski definition) is 1. The molecule has 0 spiro atoms. The Morgan fingerprint density at radius 3 is 2.37 bits per heavy atom. The van der Waals surface area contributed by atoms with Crippen molar-refractivity contribution >= 4 is 0 Å². The van der Waals surface area contributed by atoms with E-state index in [1.165, 1.54) is 43.9 Å². The number of benzene rings is 1. The molecule has 0 unspecified atom stereocenters. The summed E-state index contributed by atoms with van der Waals surface area (Å²) in [6.07, 6.45) is 6.37. The van der Waals surface area contributed by atoms with Crippen molar-refractivity contribution in [1.82, 2.24) is 5.32 Å². The molecule has 1 aromatic rings. The summed E-state index contributed by atoms with van der Waals surface area (Å²) < 4.78 is 26.8. The van der Waals surface area contributed by atoms with Gasteiger partial charge in [-0.05, 0) is 36.9 Å². The molecule has 1 fully saturated rings. The first-order valence-electron chi connectivity index (χ1n) is 7.30. The molecule has 1 nitrogen and oxygen atoms in total. The van der Waals surface area contributed by atoms with Crippen LogP contribution in [0.2, 0.25) is 0 Å². The summed E-state index contributed by atoms with van der Waals surface area (Å²) in [5.74, 6) is 0.740. The van der Waals surface area contributed by atoms with Crippen molar-refractivity contribution in [2.24, 2.45) is 11.8 Å². The molecule has 1 N–H and O–H groups in total. The summed E-state index contributed by atoms with van der Waals surface area (Å²) in [4.78, 5) is 0. The minimum Gasteiger partial charge on any atom is -0.312 e. The van der Waals surface area contributed by atoms with E-state index in [1.54, 1.807) is 0 Å². The summed E-state index contributed by atoms with van der Waals surface area (Å²) in [5.41, 5.74) is 0.153. The Morgan fingerprint density at radius 1 is 1.11 bits per heavy atom. The van der Waals surface area contributed by atoms with Crippen molar-refractivity contribution in [2.45, 2.75) is 45.6 Å². The van der Waals surface area contributed by atoms with E-state index in [2.05, 4.69) is 12.2 Å². The standard InChI is InChI=1S/C16H23F2N/c1-12-5-7-13(8-6-12)9-10-19-11-14-15(17)3-2-4-16(14)18/h2-4,12-13,19H,5-11H2,1H3. The summed E-state index contributed by atoms with van der Waals surface area (Å²) >= 11 is 0. The van der Waals surface area contributed by atoms with Crippen LogP contribution in [0.15, 0.2) is 18.2 Å². The second-order valence-electron chi connectivity index (χ2n) is 5.79. The van der Waals surface area contributed by atoms with Gasteiger partial charge in [0, 0.05) is 12.1 Å². The van der Waals surface area contributed by atoms with E-state index in [-0.39, 0.29) is 12.1 Å². The van der Waals surface area contributed by atoms with Crippen LogP contribution in [0.25, 0.3) is 0 Å². The Hall–Kier alpha value is -0.960. The van der Waals surface area contributed by atoms with Crippen molar-refractivity contribution < 1.29 is 8.78 Å². The fourth-order valence-corrected chi connectivity index (χ4v) is 2.84. The Balaban J connectivity index is 1.69. The molecule has 1 saturated carbocycles. The van der Waals surface area contributed by atoms with E-state index in [4.69, 9.17) is 0 Å². The molecule has 0 radical (unpaired) electrons. The van der Waals surface area contributed by atoms with Crippen LogP contribution in [0.1, 0.15) is 44.6 Å². The third kappa shape index (κ3) is 4.27. The average Bonchev–Trinajstić information content (AvgIpc) is 2.39. The molecule has 1 aliphatic rings. The molecular formula is C16H23F2N. The van der Waals surface area contributed by atoms with Gasteiger partial charge in [0.25, 0.3) is 0 Å². The maximum atomic E-state index is 13.4. The van der Waals surface area contributed by atoms with Gasteiger partial charge >= 0.3 is 0 Å². The molecule has 0 amide bonds. The van der Waals surface area contributed by atoms with Crippen LogP contribution in [0, 0.1) is 23.5 Å². The lowest BCUT2D eigenvalue weighted by Gasteiger charge is -2.26. The zero-order valence-electron chi connectivity index (χ0n) is 11.6. The smallest absolute Gasteiger partial charge is 0.130 e. The zero-order chi connectivity index (χ0) is 13.7. The van der Waals surface area contributed by atoms with E-state index in [0.717, 1.165) is 24.8 Å². The third-order valence-electron chi connectivity index (χ3n) is 4.23. The fourth-order valence-electron chi connectivity index (χ4n) is 2.84. The van der Waals surface area contributed by atoms with Gasteiger partial charge in [0.15, 0.2) is 0 Å². The molecule has 1 aromatic carbocycles. The highest BCUT2D eigenvalue weighted by Crippen LogP contribution is 2.29. The fraction of sp³-hybridized carbons (Fsp3) is 0.625. The van der Waals surface area contributed by atoms with E-state index in [0.29, 0.717) is 0 Å². The van der Waals surface area contributed by atoms with Gasteiger partial charge in [-0.3, -0.25) is 0 Å². The van der Waals surface area contributed by atoms with Crippen molar-refractivity contribution in [3.8, 4) is 0 Å². The second-order valence-corrected chi connectivity index (χ2v) is 5.79. The molecule has 2 rings (SSSR count). The predicted octanol–water partition coefficient (Wildman–Crippen LogP) is 4.27. The zero-order valence-corrected chi connectivity index (χ0v) is 11.6. The quantitative estimate of drug-likeness (QED) is 0.786. The number of nitrogens with one attached hydrogen (secondary N) is 1. The van der Waals surface area contributed by atoms with Crippen molar-refractivity contribution in [3.63, 3.8) is 0 Å². The Morgan fingerprint density at radius 2 is 1.74 bits per heavy atom. The van der Waals surface area contributed by atoms with Gasteiger partial charge in [0.1, 0.15) is 11.6 Å². The third-order valence-corrected chi connectivity index (χ3v) is 4.23. The molecule has 0 bridgehead atoms. The normalized spacial score (nSPS) is 23.5. The lowest BCUT2D eigenvalue weighted by Crippen LogP contribution is -2.21. The van der Waals surface area contributed by atoms with Gasteiger partial charge in [-0.2, -0.15) is 0 Å². The Bertz CT molecular complexity index is 377. The lowest BCUT2D eigenvalue weighted by atomic mass is 9.81. The highest BCUT2D eigenvalue weighted by Gasteiger charge is 2.17. The van der Waals surface area contributed by atoms with Crippen molar-refractivity contribution in [2.75, 3.05) is 6.54 Å². The highest BCUT2D eigenvalue weighted by atomic mass is 19.1. The second kappa shape index (κ2) is 6.99. The van der Waals surface area contributed by atoms with Gasteiger partial charge in [-0.25, -0.2) is 8.78 Å². The largest absolute Gasteiger partial charge is 0.312 e. The number of halogens is 2. The van der Waals surface area contributed by atoms with Gasteiger partial charge in [0.05, 0.1) is 0 Å². The van der Waals surface area contributed by atoms with Crippen LogP contribution in [0.5, 0.6) is 0 Å². The molecule has 0 saturated heterocycles. The monoisotopic (exact) mass is 267 g/mol. The van der Waals surface area contributed by atoms with Crippen LogP contribution >= 0.6 is 0 Å². The summed E-state index contributed by atoms with van der Waals surface area (Å²) in [6.45, 7) is 3.43. The minimum absolute atomic E-state index is 0.153. The molecule has 106 valence electrons. The minimum atomic E-state index is -0.459. The molecule has 19 heavy (non-hydrogen) atoms. The molecule has 0 aliphatic heterocycles. The van der Waals surface area contributed by atoms with Crippen LogP contribution in [-0.4, -0.2) is 6.54 Å². The van der Waals surface area contributed by atoms with Gasteiger partial charge in [-0.1, -0.05) is 38.7 Å². The van der Waals surface area contributed by atoms with Gasteiger partial charge < -0.3 is 5.32 Å². The first-order chi connectivity index (χ1) is 9.16. The Kier molecular flexibility index (Phi) is 5.32. The molecule has 1 aliphatic carbocycles. The number of rotatable bonds is 5. The Labute approximate surface area is 114 Å². The molecule has 0 aromatic heterocycles. The summed E-state index contributed by atoms with van der Waals surface area (Å²) in [5, 5.41) is 3.16. The first kappa shape index (κ1) is 14.4. The van der Waals surface area contributed by atoms with Crippen LogP contribution in [-0.2, 0) is 6.54 Å². The highest BCUT2D eigenvalue weighted by molar-refractivity contribution is 5.19. The van der Waals surface area contributed by atoms with E-state index in [9.17, 15) is 8.78 Å². The van der Waals surface area contributed by atoms with Gasteiger partial charge in [0.2, 0.25) is 0 Å². The topological polar surface area (TPSA) is 12.0 Å². The van der Waals surface area contributed by atoms with E-state index in [1.807, 2.05) is 0 Å². The first-order valence-corrected chi connectivity index (χ1v) is 7.30. The maximum absolute atomic E-state index is 13.4. The van der Waals surface area contributed by atoms with Crippen molar-refractivity contribution in [1.29, 1.82) is 0 Å². The predicted molar refractivity (Wildman–Crippen MR) is 73.8 cm³/mol. The lowest BCUT2D eigenvalue weighted by molar-refractivity contribution is 0.275. The molecule has 0 heterocycles. The molecule has 0 atom stereocenters. The van der Waals surface area contributed by atoms with Gasteiger partial charge in [-0.15, -0.1) is 0 Å². The van der Waals surface area contributed by atoms with E-state index >= 15 is 0 Å². The molecular weight excluding hydrogens is 244 g/mol. The van der Waals surface area contributed by atoms with E-state index < -0.39 is 11.6 Å².